The number of nitrogens with zero attached hydrogens (tertiary/aromatic N) is 1. The van der Waals surface area contributed by atoms with Gasteiger partial charge in [-0.3, -0.25) is 0 Å². The largest absolute Gasteiger partial charge is 0.494 e. The van der Waals surface area contributed by atoms with E-state index < -0.39 is 0 Å². The zero-order valence-electron chi connectivity index (χ0n) is 12.6. The molecule has 0 atom stereocenters. The highest BCUT2D eigenvalue weighted by Crippen LogP contribution is 2.24. The summed E-state index contributed by atoms with van der Waals surface area (Å²) in [5.41, 5.74) is 2.28. The molecule has 4 heteroatoms. The first-order chi connectivity index (χ1) is 9.48. The van der Waals surface area contributed by atoms with Gasteiger partial charge in [0, 0.05) is 23.0 Å². The van der Waals surface area contributed by atoms with Crippen LogP contribution in [0.5, 0.6) is 5.75 Å². The molecule has 0 aliphatic carbocycles. The molecule has 2 rings (SSSR count). The molecule has 0 radical (unpaired) electrons. The van der Waals surface area contributed by atoms with Crippen LogP contribution in [0, 0.1) is 0 Å². The minimum atomic E-state index is 0.116. The van der Waals surface area contributed by atoms with Gasteiger partial charge in [0.15, 0.2) is 0 Å². The third kappa shape index (κ3) is 4.32. The van der Waals surface area contributed by atoms with E-state index in [0.717, 1.165) is 28.6 Å². The Balaban J connectivity index is 2.04. The lowest BCUT2D eigenvalue weighted by molar-refractivity contribution is 0.340. The predicted molar refractivity (Wildman–Crippen MR) is 85.3 cm³/mol. The van der Waals surface area contributed by atoms with Gasteiger partial charge in [-0.1, -0.05) is 0 Å². The molecule has 20 heavy (non-hydrogen) atoms. The van der Waals surface area contributed by atoms with E-state index in [4.69, 9.17) is 4.74 Å². The summed E-state index contributed by atoms with van der Waals surface area (Å²) in [6, 6.07) is 8.10. The van der Waals surface area contributed by atoms with Crippen LogP contribution in [0.4, 0.5) is 0 Å². The Morgan fingerprint density at radius 3 is 2.50 bits per heavy atom. The van der Waals surface area contributed by atoms with Gasteiger partial charge in [-0.2, -0.15) is 0 Å². The van der Waals surface area contributed by atoms with Gasteiger partial charge in [0.05, 0.1) is 12.3 Å². The molecule has 1 N–H and O–H groups in total. The van der Waals surface area contributed by atoms with Crippen molar-refractivity contribution < 1.29 is 4.74 Å². The maximum atomic E-state index is 5.45. The van der Waals surface area contributed by atoms with Crippen molar-refractivity contribution >= 4 is 11.3 Å². The summed E-state index contributed by atoms with van der Waals surface area (Å²) in [5, 5.41) is 6.68. The van der Waals surface area contributed by atoms with Gasteiger partial charge in [-0.15, -0.1) is 11.3 Å². The Morgan fingerprint density at radius 2 is 1.90 bits per heavy atom. The minimum Gasteiger partial charge on any atom is -0.494 e. The first-order valence-corrected chi connectivity index (χ1v) is 7.78. The molecule has 0 bridgehead atoms. The van der Waals surface area contributed by atoms with Crippen LogP contribution >= 0.6 is 11.3 Å². The summed E-state index contributed by atoms with van der Waals surface area (Å²) < 4.78 is 5.45. The fourth-order valence-corrected chi connectivity index (χ4v) is 2.50. The SMILES string of the molecule is CCOc1ccc(-c2csc(CNC(C)(C)C)n2)cc1. The number of benzene rings is 1. The molecule has 3 nitrogen and oxygen atoms in total. The Labute approximate surface area is 125 Å². The highest BCUT2D eigenvalue weighted by Gasteiger charge is 2.10. The zero-order valence-corrected chi connectivity index (χ0v) is 13.4. The van der Waals surface area contributed by atoms with Crippen molar-refractivity contribution in [2.24, 2.45) is 0 Å². The Bertz CT molecular complexity index is 540. The zero-order chi connectivity index (χ0) is 14.6. The number of hydrogen-bond donors (Lipinski definition) is 1. The van der Waals surface area contributed by atoms with Gasteiger partial charge in [0.1, 0.15) is 10.8 Å². The molecule has 0 spiro atoms. The smallest absolute Gasteiger partial charge is 0.119 e. The van der Waals surface area contributed by atoms with Crippen molar-refractivity contribution in [2.75, 3.05) is 6.61 Å². The van der Waals surface area contributed by atoms with Crippen molar-refractivity contribution in [3.05, 3.63) is 34.7 Å². The first-order valence-electron chi connectivity index (χ1n) is 6.90. The van der Waals surface area contributed by atoms with E-state index in [1.54, 1.807) is 11.3 Å². The first kappa shape index (κ1) is 15.0. The third-order valence-electron chi connectivity index (χ3n) is 2.78. The van der Waals surface area contributed by atoms with Crippen LogP contribution in [-0.4, -0.2) is 17.1 Å². The second-order valence-electron chi connectivity index (χ2n) is 5.69. The van der Waals surface area contributed by atoms with Crippen molar-refractivity contribution in [2.45, 2.75) is 39.8 Å². The molecular formula is C16H22N2OS. The fourth-order valence-electron chi connectivity index (χ4n) is 1.75. The quantitative estimate of drug-likeness (QED) is 0.900. The van der Waals surface area contributed by atoms with Crippen LogP contribution in [0.3, 0.4) is 0 Å². The number of nitrogens with one attached hydrogen (secondary N) is 1. The van der Waals surface area contributed by atoms with Crippen molar-refractivity contribution in [3.63, 3.8) is 0 Å². The van der Waals surface area contributed by atoms with Crippen molar-refractivity contribution in [1.82, 2.24) is 10.3 Å². The van der Waals surface area contributed by atoms with Gasteiger partial charge in [-0.05, 0) is 52.0 Å². The maximum Gasteiger partial charge on any atom is 0.119 e. The van der Waals surface area contributed by atoms with Gasteiger partial charge in [0.25, 0.3) is 0 Å². The standard InChI is InChI=1S/C16H22N2OS/c1-5-19-13-8-6-12(7-9-13)14-11-20-15(18-14)10-17-16(2,3)4/h6-9,11,17H,5,10H2,1-4H3. The van der Waals surface area contributed by atoms with Gasteiger partial charge < -0.3 is 10.1 Å². The van der Waals surface area contributed by atoms with Crippen LogP contribution in [0.2, 0.25) is 0 Å². The lowest BCUT2D eigenvalue weighted by Crippen LogP contribution is -2.34. The highest BCUT2D eigenvalue weighted by molar-refractivity contribution is 7.09. The molecule has 2 aromatic rings. The van der Waals surface area contributed by atoms with E-state index in [1.165, 1.54) is 0 Å². The summed E-state index contributed by atoms with van der Waals surface area (Å²) in [5.74, 6) is 0.904. The molecule has 1 heterocycles. The summed E-state index contributed by atoms with van der Waals surface area (Å²) in [6.45, 7) is 9.97. The lowest BCUT2D eigenvalue weighted by atomic mass is 10.1. The van der Waals surface area contributed by atoms with Crippen LogP contribution in [0.1, 0.15) is 32.7 Å². The van der Waals surface area contributed by atoms with Crippen LogP contribution in [-0.2, 0) is 6.54 Å². The van der Waals surface area contributed by atoms with Crippen LogP contribution < -0.4 is 10.1 Å². The summed E-state index contributed by atoms with van der Waals surface area (Å²) in [7, 11) is 0. The molecule has 0 saturated carbocycles. The van der Waals surface area contributed by atoms with Crippen LogP contribution in [0.15, 0.2) is 29.6 Å². The fraction of sp³-hybridized carbons (Fsp3) is 0.438. The monoisotopic (exact) mass is 290 g/mol. The van der Waals surface area contributed by atoms with Crippen molar-refractivity contribution in [1.29, 1.82) is 0 Å². The van der Waals surface area contributed by atoms with Crippen LogP contribution in [0.25, 0.3) is 11.3 Å². The third-order valence-corrected chi connectivity index (χ3v) is 3.63. The van der Waals surface area contributed by atoms with E-state index in [1.807, 2.05) is 19.1 Å². The lowest BCUT2D eigenvalue weighted by Gasteiger charge is -2.19. The second-order valence-corrected chi connectivity index (χ2v) is 6.63. The number of thiazole rings is 1. The average molecular weight is 290 g/mol. The Hall–Kier alpha value is -1.39. The maximum absolute atomic E-state index is 5.45. The number of rotatable bonds is 5. The van der Waals surface area contributed by atoms with E-state index >= 15 is 0 Å². The molecule has 1 aromatic heterocycles. The molecular weight excluding hydrogens is 268 g/mol. The van der Waals surface area contributed by atoms with Gasteiger partial charge in [-0.25, -0.2) is 4.98 Å². The van der Waals surface area contributed by atoms with Gasteiger partial charge >= 0.3 is 0 Å². The van der Waals surface area contributed by atoms with Gasteiger partial charge in [0.2, 0.25) is 0 Å². The molecule has 0 aliphatic rings. The van der Waals surface area contributed by atoms with E-state index in [2.05, 4.69) is 48.6 Å². The molecule has 108 valence electrons. The minimum absolute atomic E-state index is 0.116. The summed E-state index contributed by atoms with van der Waals surface area (Å²) in [6.07, 6.45) is 0. The predicted octanol–water partition coefficient (Wildman–Crippen LogP) is 4.10. The molecule has 0 unspecified atom stereocenters. The molecule has 0 saturated heterocycles. The van der Waals surface area contributed by atoms with E-state index in [0.29, 0.717) is 6.61 Å². The topological polar surface area (TPSA) is 34.1 Å². The summed E-state index contributed by atoms with van der Waals surface area (Å²) in [4.78, 5) is 4.67. The number of aromatic nitrogens is 1. The molecule has 0 amide bonds. The van der Waals surface area contributed by atoms with E-state index in [-0.39, 0.29) is 5.54 Å². The second kappa shape index (κ2) is 6.37. The Kier molecular flexibility index (Phi) is 4.78. The van der Waals surface area contributed by atoms with Crippen molar-refractivity contribution in [3.8, 4) is 17.0 Å². The normalized spacial score (nSPS) is 11.6. The summed E-state index contributed by atoms with van der Waals surface area (Å²) >= 11 is 1.69. The number of hydrogen-bond acceptors (Lipinski definition) is 4. The highest BCUT2D eigenvalue weighted by atomic mass is 32.1. The molecule has 1 aromatic carbocycles. The number of ether oxygens (including phenoxy) is 1. The van der Waals surface area contributed by atoms with E-state index in [9.17, 15) is 0 Å². The molecule has 0 aliphatic heterocycles. The average Bonchev–Trinajstić information content (AvgIpc) is 2.86. The molecule has 0 fully saturated rings. The Morgan fingerprint density at radius 1 is 1.20 bits per heavy atom.